The van der Waals surface area contributed by atoms with Crippen molar-refractivity contribution in [2.75, 3.05) is 32.7 Å². The summed E-state index contributed by atoms with van der Waals surface area (Å²) in [5.41, 5.74) is 1.21. The minimum atomic E-state index is 0.247. The summed E-state index contributed by atoms with van der Waals surface area (Å²) in [7, 11) is 0. The molecule has 0 aliphatic carbocycles. The lowest BCUT2D eigenvalue weighted by Crippen LogP contribution is -2.56. The molecule has 6 heteroatoms. The van der Waals surface area contributed by atoms with E-state index in [1.807, 2.05) is 5.38 Å². The number of thiophene rings is 1. The highest BCUT2D eigenvalue weighted by molar-refractivity contribution is 7.14. The normalized spacial score (nSPS) is 25.1. The molecule has 4 nitrogen and oxygen atoms in total. The second kappa shape index (κ2) is 6.43. The molecule has 0 radical (unpaired) electrons. The van der Waals surface area contributed by atoms with E-state index in [-0.39, 0.29) is 5.91 Å². The second-order valence-electron chi connectivity index (χ2n) is 5.51. The molecule has 2 aliphatic heterocycles. The fourth-order valence-electron chi connectivity index (χ4n) is 3.11. The first-order valence-electron chi connectivity index (χ1n) is 7.18. The van der Waals surface area contributed by atoms with Crippen molar-refractivity contribution in [3.63, 3.8) is 0 Å². The fraction of sp³-hybridized carbons (Fsp3) is 0.643. The molecular formula is C14H20ClN3OS. The third-order valence-corrected chi connectivity index (χ3v) is 5.39. The van der Waals surface area contributed by atoms with E-state index in [1.54, 1.807) is 11.3 Å². The Morgan fingerprint density at radius 2 is 2.35 bits per heavy atom. The smallest absolute Gasteiger partial charge is 0.236 e. The Hall–Kier alpha value is -0.620. The molecule has 1 amide bonds. The molecule has 1 atom stereocenters. The summed E-state index contributed by atoms with van der Waals surface area (Å²) < 4.78 is 0.894. The highest BCUT2D eigenvalue weighted by atomic mass is 35.5. The average molecular weight is 314 g/mol. The molecule has 0 saturated carbocycles. The number of likely N-dealkylation sites (tertiary alicyclic amines) is 1. The van der Waals surface area contributed by atoms with Gasteiger partial charge in [0.2, 0.25) is 5.91 Å². The van der Waals surface area contributed by atoms with Crippen molar-refractivity contribution in [1.82, 2.24) is 15.1 Å². The molecule has 1 unspecified atom stereocenters. The van der Waals surface area contributed by atoms with Gasteiger partial charge in [0.15, 0.2) is 0 Å². The second-order valence-corrected chi connectivity index (χ2v) is 7.03. The van der Waals surface area contributed by atoms with E-state index < -0.39 is 0 Å². The fourth-order valence-corrected chi connectivity index (χ4v) is 4.02. The average Bonchev–Trinajstić information content (AvgIpc) is 2.85. The van der Waals surface area contributed by atoms with E-state index in [0.29, 0.717) is 12.6 Å². The Bertz CT molecular complexity index is 479. The standard InChI is InChI=1S/C14H20ClN3OS/c15-14-11(3-7-20-14)9-17-5-1-2-12(10-17)18-6-4-16-8-13(18)19/h3,7,12,16H,1-2,4-6,8-10H2. The highest BCUT2D eigenvalue weighted by Crippen LogP contribution is 2.26. The van der Waals surface area contributed by atoms with Crippen LogP contribution < -0.4 is 5.32 Å². The van der Waals surface area contributed by atoms with Gasteiger partial charge in [-0.1, -0.05) is 11.6 Å². The topological polar surface area (TPSA) is 35.6 Å². The molecule has 2 aliphatic rings. The van der Waals surface area contributed by atoms with Crippen LogP contribution in [0.2, 0.25) is 4.34 Å². The van der Waals surface area contributed by atoms with Crippen LogP contribution in [0.1, 0.15) is 18.4 Å². The molecular weight excluding hydrogens is 294 g/mol. The molecule has 20 heavy (non-hydrogen) atoms. The Balaban J connectivity index is 1.61. The van der Waals surface area contributed by atoms with Crippen LogP contribution >= 0.6 is 22.9 Å². The van der Waals surface area contributed by atoms with Crippen LogP contribution in [-0.2, 0) is 11.3 Å². The summed E-state index contributed by atoms with van der Waals surface area (Å²) in [5.74, 6) is 0.247. The Morgan fingerprint density at radius 3 is 3.10 bits per heavy atom. The van der Waals surface area contributed by atoms with Crippen molar-refractivity contribution < 1.29 is 4.79 Å². The van der Waals surface area contributed by atoms with Crippen molar-refractivity contribution in [2.45, 2.75) is 25.4 Å². The van der Waals surface area contributed by atoms with Gasteiger partial charge in [-0.15, -0.1) is 11.3 Å². The summed E-state index contributed by atoms with van der Waals surface area (Å²) in [5, 5.41) is 5.18. The van der Waals surface area contributed by atoms with Crippen LogP contribution in [-0.4, -0.2) is 54.5 Å². The Kier molecular flexibility index (Phi) is 4.61. The van der Waals surface area contributed by atoms with Gasteiger partial charge < -0.3 is 10.2 Å². The van der Waals surface area contributed by atoms with Crippen molar-refractivity contribution >= 4 is 28.8 Å². The molecule has 2 fully saturated rings. The maximum Gasteiger partial charge on any atom is 0.236 e. The minimum absolute atomic E-state index is 0.247. The molecule has 0 spiro atoms. The lowest BCUT2D eigenvalue weighted by Gasteiger charge is -2.41. The van der Waals surface area contributed by atoms with Crippen molar-refractivity contribution in [1.29, 1.82) is 0 Å². The van der Waals surface area contributed by atoms with Gasteiger partial charge in [-0.25, -0.2) is 0 Å². The lowest BCUT2D eigenvalue weighted by atomic mass is 10.0. The Labute approximate surface area is 128 Å². The van der Waals surface area contributed by atoms with Gasteiger partial charge in [-0.2, -0.15) is 0 Å². The van der Waals surface area contributed by atoms with E-state index in [9.17, 15) is 4.79 Å². The summed E-state index contributed by atoms with van der Waals surface area (Å²) >= 11 is 7.77. The monoisotopic (exact) mass is 313 g/mol. The van der Waals surface area contributed by atoms with Gasteiger partial charge in [0.05, 0.1) is 10.9 Å². The number of nitrogens with one attached hydrogen (secondary N) is 1. The van der Waals surface area contributed by atoms with Crippen LogP contribution in [0.3, 0.4) is 0 Å². The summed E-state index contributed by atoms with van der Waals surface area (Å²) in [4.78, 5) is 16.5. The molecule has 110 valence electrons. The molecule has 3 heterocycles. The van der Waals surface area contributed by atoms with Gasteiger partial charge in [0.1, 0.15) is 0 Å². The van der Waals surface area contributed by atoms with E-state index >= 15 is 0 Å². The summed E-state index contributed by atoms with van der Waals surface area (Å²) in [6, 6.07) is 2.47. The van der Waals surface area contributed by atoms with Gasteiger partial charge in [0.25, 0.3) is 0 Å². The van der Waals surface area contributed by atoms with Crippen LogP contribution in [0.25, 0.3) is 0 Å². The number of carbonyl (C=O) groups excluding carboxylic acids is 1. The van der Waals surface area contributed by atoms with Crippen LogP contribution in [0.5, 0.6) is 0 Å². The number of piperazine rings is 1. The number of rotatable bonds is 3. The molecule has 3 rings (SSSR count). The lowest BCUT2D eigenvalue weighted by molar-refractivity contribution is -0.135. The predicted octanol–water partition coefficient (Wildman–Crippen LogP) is 1.80. The van der Waals surface area contributed by atoms with Crippen molar-refractivity contribution in [2.24, 2.45) is 0 Å². The molecule has 1 aromatic heterocycles. The minimum Gasteiger partial charge on any atom is -0.336 e. The zero-order valence-corrected chi connectivity index (χ0v) is 13.1. The largest absolute Gasteiger partial charge is 0.336 e. The maximum atomic E-state index is 12.0. The highest BCUT2D eigenvalue weighted by Gasteiger charge is 2.30. The van der Waals surface area contributed by atoms with E-state index in [4.69, 9.17) is 11.6 Å². The van der Waals surface area contributed by atoms with Crippen LogP contribution in [0, 0.1) is 0 Å². The van der Waals surface area contributed by atoms with Crippen molar-refractivity contribution in [3.8, 4) is 0 Å². The number of nitrogens with zero attached hydrogens (tertiary/aromatic N) is 2. The number of hydrogen-bond donors (Lipinski definition) is 1. The number of amides is 1. The van der Waals surface area contributed by atoms with Crippen molar-refractivity contribution in [3.05, 3.63) is 21.3 Å². The molecule has 0 bridgehead atoms. The van der Waals surface area contributed by atoms with Gasteiger partial charge in [-0.3, -0.25) is 9.69 Å². The Morgan fingerprint density at radius 1 is 1.45 bits per heavy atom. The van der Waals surface area contributed by atoms with Crippen LogP contribution in [0.4, 0.5) is 0 Å². The zero-order chi connectivity index (χ0) is 13.9. The number of piperidine rings is 1. The predicted molar refractivity (Wildman–Crippen MR) is 82.2 cm³/mol. The van der Waals surface area contributed by atoms with Gasteiger partial charge in [-0.05, 0) is 36.4 Å². The van der Waals surface area contributed by atoms with Gasteiger partial charge >= 0.3 is 0 Å². The van der Waals surface area contributed by atoms with E-state index in [0.717, 1.165) is 49.9 Å². The summed E-state index contributed by atoms with van der Waals surface area (Å²) in [6.45, 7) is 5.22. The maximum absolute atomic E-state index is 12.0. The molecule has 1 N–H and O–H groups in total. The van der Waals surface area contributed by atoms with E-state index in [1.165, 1.54) is 5.56 Å². The zero-order valence-electron chi connectivity index (χ0n) is 11.5. The quantitative estimate of drug-likeness (QED) is 0.924. The first-order chi connectivity index (χ1) is 9.74. The first-order valence-corrected chi connectivity index (χ1v) is 8.44. The number of carbonyl (C=O) groups is 1. The van der Waals surface area contributed by atoms with Gasteiger partial charge in [0, 0.05) is 32.2 Å². The first kappa shape index (κ1) is 14.3. The molecule has 0 aromatic carbocycles. The van der Waals surface area contributed by atoms with Crippen LogP contribution in [0.15, 0.2) is 11.4 Å². The number of hydrogen-bond acceptors (Lipinski definition) is 4. The molecule has 1 aromatic rings. The third-order valence-electron chi connectivity index (χ3n) is 4.13. The van der Waals surface area contributed by atoms with E-state index in [2.05, 4.69) is 21.2 Å². The number of halogens is 1. The molecule has 2 saturated heterocycles. The summed E-state index contributed by atoms with van der Waals surface area (Å²) in [6.07, 6.45) is 2.28. The third kappa shape index (κ3) is 3.17. The SMILES string of the molecule is O=C1CNCCN1C1CCCN(Cc2ccsc2Cl)C1.